The van der Waals surface area contributed by atoms with Gasteiger partial charge in [-0.25, -0.2) is 0 Å². The lowest BCUT2D eigenvalue weighted by Crippen LogP contribution is -1.86. The highest BCUT2D eigenvalue weighted by atomic mass is 16.3. The first-order valence-corrected chi connectivity index (χ1v) is 14.0. The van der Waals surface area contributed by atoms with Gasteiger partial charge in [0.1, 0.15) is 11.2 Å². The summed E-state index contributed by atoms with van der Waals surface area (Å²) in [5, 5.41) is 12.1. The van der Waals surface area contributed by atoms with Crippen molar-refractivity contribution >= 4 is 65.0 Å². The minimum absolute atomic E-state index is 0.874. The van der Waals surface area contributed by atoms with Gasteiger partial charge in [-0.15, -0.1) is 0 Å². The molecule has 41 heavy (non-hydrogen) atoms. The molecule has 0 N–H and O–H groups in total. The zero-order chi connectivity index (χ0) is 26.9. The second-order valence-electron chi connectivity index (χ2n) is 10.7. The lowest BCUT2D eigenvalue weighted by molar-refractivity contribution is 0.674. The summed E-state index contributed by atoms with van der Waals surface area (Å²) in [5.74, 6) is 0. The van der Waals surface area contributed by atoms with Crippen LogP contribution in [0.4, 0.5) is 0 Å². The number of hydrogen-bond donors (Lipinski definition) is 0. The SMILES string of the molecule is c1ccc2cc(-c3ccc(-c4cccc5c4oc4c6ccccc6c6c7ccccc7ccc6c54)nc3)ccc2c1. The molecule has 2 nitrogen and oxygen atoms in total. The largest absolute Gasteiger partial charge is 0.455 e. The molecule has 2 heteroatoms. The Balaban J connectivity index is 1.28. The Morgan fingerprint density at radius 3 is 1.98 bits per heavy atom. The van der Waals surface area contributed by atoms with Crippen molar-refractivity contribution in [2.75, 3.05) is 0 Å². The molecule has 9 rings (SSSR count). The van der Waals surface area contributed by atoms with Gasteiger partial charge in [0.15, 0.2) is 0 Å². The summed E-state index contributed by atoms with van der Waals surface area (Å²) in [5.41, 5.74) is 5.97. The third-order valence-corrected chi connectivity index (χ3v) is 8.48. The van der Waals surface area contributed by atoms with Gasteiger partial charge in [0.2, 0.25) is 0 Å². The van der Waals surface area contributed by atoms with Crippen LogP contribution < -0.4 is 0 Å². The number of furan rings is 1. The van der Waals surface area contributed by atoms with Gasteiger partial charge in [0.05, 0.1) is 5.69 Å². The normalized spacial score (nSPS) is 11.9. The van der Waals surface area contributed by atoms with Crippen LogP contribution in [0.5, 0.6) is 0 Å². The summed E-state index contributed by atoms with van der Waals surface area (Å²) in [6.45, 7) is 0. The van der Waals surface area contributed by atoms with E-state index in [4.69, 9.17) is 9.40 Å². The van der Waals surface area contributed by atoms with Crippen LogP contribution in [0.3, 0.4) is 0 Å². The maximum Gasteiger partial charge on any atom is 0.144 e. The second-order valence-corrected chi connectivity index (χ2v) is 10.7. The van der Waals surface area contributed by atoms with Gasteiger partial charge >= 0.3 is 0 Å². The predicted octanol–water partition coefficient (Wildman–Crippen LogP) is 10.9. The molecule has 0 aliphatic rings. The molecule has 0 saturated carbocycles. The Morgan fingerprint density at radius 2 is 1.12 bits per heavy atom. The van der Waals surface area contributed by atoms with E-state index in [0.29, 0.717) is 0 Å². The predicted molar refractivity (Wildman–Crippen MR) is 172 cm³/mol. The quantitative estimate of drug-likeness (QED) is 0.211. The molecule has 9 aromatic rings. The molecule has 2 aromatic heterocycles. The smallest absolute Gasteiger partial charge is 0.144 e. The summed E-state index contributed by atoms with van der Waals surface area (Å²) < 4.78 is 6.79. The summed E-state index contributed by atoms with van der Waals surface area (Å²) in [4.78, 5) is 4.93. The highest BCUT2D eigenvalue weighted by Crippen LogP contribution is 2.45. The number of hydrogen-bond acceptors (Lipinski definition) is 2. The Bertz CT molecular complexity index is 2470. The van der Waals surface area contributed by atoms with Crippen molar-refractivity contribution in [3.8, 4) is 22.4 Å². The summed E-state index contributed by atoms with van der Waals surface area (Å²) >= 11 is 0. The molecule has 0 radical (unpaired) electrons. The first-order valence-electron chi connectivity index (χ1n) is 14.0. The molecule has 0 aliphatic heterocycles. The first kappa shape index (κ1) is 22.4. The highest BCUT2D eigenvalue weighted by Gasteiger charge is 2.19. The lowest BCUT2D eigenvalue weighted by Gasteiger charge is -2.09. The minimum atomic E-state index is 0.874. The van der Waals surface area contributed by atoms with Gasteiger partial charge in [-0.05, 0) is 61.5 Å². The van der Waals surface area contributed by atoms with Crippen LogP contribution in [0.1, 0.15) is 0 Å². The Labute approximate surface area is 236 Å². The summed E-state index contributed by atoms with van der Waals surface area (Å²) in [6, 6.07) is 47.4. The third-order valence-electron chi connectivity index (χ3n) is 8.48. The van der Waals surface area contributed by atoms with E-state index < -0.39 is 0 Å². The fourth-order valence-electron chi connectivity index (χ4n) is 6.54. The van der Waals surface area contributed by atoms with Crippen LogP contribution in [0, 0.1) is 0 Å². The molecule has 0 saturated heterocycles. The number of nitrogens with zero attached hydrogens (tertiary/aromatic N) is 1. The van der Waals surface area contributed by atoms with Crippen LogP contribution in [0.2, 0.25) is 0 Å². The van der Waals surface area contributed by atoms with E-state index in [0.717, 1.165) is 49.7 Å². The standard InChI is InChI=1S/C39H23NO/c1-2-10-26-22-27(17-16-24(26)8-1)28-19-21-35(40-23-28)32-14-7-15-34-37-33-20-18-25-9-3-4-11-29(25)36(33)30-12-5-6-13-31(30)39(37)41-38(32)34/h1-23H. The van der Waals surface area contributed by atoms with E-state index in [-0.39, 0.29) is 0 Å². The molecule has 0 fully saturated rings. The van der Waals surface area contributed by atoms with Crippen molar-refractivity contribution in [3.05, 3.63) is 140 Å². The molecule has 7 aromatic carbocycles. The first-order chi connectivity index (χ1) is 20.3. The van der Waals surface area contributed by atoms with Crippen LogP contribution in [0.15, 0.2) is 144 Å². The maximum absolute atomic E-state index is 6.79. The van der Waals surface area contributed by atoms with Gasteiger partial charge in [-0.3, -0.25) is 4.98 Å². The zero-order valence-electron chi connectivity index (χ0n) is 22.1. The Morgan fingerprint density at radius 1 is 0.415 bits per heavy atom. The van der Waals surface area contributed by atoms with Crippen molar-refractivity contribution in [2.45, 2.75) is 0 Å². The lowest BCUT2D eigenvalue weighted by atomic mass is 9.92. The molecule has 190 valence electrons. The van der Waals surface area contributed by atoms with E-state index in [9.17, 15) is 0 Å². The van der Waals surface area contributed by atoms with Gasteiger partial charge in [0.25, 0.3) is 0 Å². The summed E-state index contributed by atoms with van der Waals surface area (Å²) in [6.07, 6.45) is 1.97. The molecular weight excluding hydrogens is 498 g/mol. The highest BCUT2D eigenvalue weighted by molar-refractivity contribution is 6.35. The second kappa shape index (κ2) is 8.51. The van der Waals surface area contributed by atoms with Gasteiger partial charge in [-0.1, -0.05) is 115 Å². The van der Waals surface area contributed by atoms with Gasteiger partial charge in [-0.2, -0.15) is 0 Å². The monoisotopic (exact) mass is 521 g/mol. The molecule has 0 atom stereocenters. The summed E-state index contributed by atoms with van der Waals surface area (Å²) in [7, 11) is 0. The van der Waals surface area contributed by atoms with Crippen molar-refractivity contribution in [1.29, 1.82) is 0 Å². The number of fused-ring (bicyclic) bond motifs is 11. The average molecular weight is 522 g/mol. The average Bonchev–Trinajstić information content (AvgIpc) is 3.45. The molecule has 0 aliphatic carbocycles. The van der Waals surface area contributed by atoms with E-state index >= 15 is 0 Å². The number of rotatable bonds is 2. The fraction of sp³-hybridized carbons (Fsp3) is 0. The van der Waals surface area contributed by atoms with Gasteiger partial charge < -0.3 is 4.42 Å². The molecule has 0 bridgehead atoms. The number of para-hydroxylation sites is 1. The van der Waals surface area contributed by atoms with Crippen molar-refractivity contribution in [2.24, 2.45) is 0 Å². The fourth-order valence-corrected chi connectivity index (χ4v) is 6.54. The van der Waals surface area contributed by atoms with E-state index in [1.807, 2.05) is 6.20 Å². The third kappa shape index (κ3) is 3.28. The topological polar surface area (TPSA) is 26.0 Å². The van der Waals surface area contributed by atoms with Crippen LogP contribution >= 0.6 is 0 Å². The Hall–Kier alpha value is -5.47. The van der Waals surface area contributed by atoms with Crippen molar-refractivity contribution in [1.82, 2.24) is 4.98 Å². The maximum atomic E-state index is 6.79. The molecule has 0 unspecified atom stereocenters. The molecule has 0 spiro atoms. The van der Waals surface area contributed by atoms with Crippen molar-refractivity contribution < 1.29 is 4.42 Å². The number of benzene rings is 7. The van der Waals surface area contributed by atoms with Crippen LogP contribution in [-0.2, 0) is 0 Å². The van der Waals surface area contributed by atoms with E-state index in [1.165, 1.54) is 37.7 Å². The van der Waals surface area contributed by atoms with Gasteiger partial charge in [0, 0.05) is 33.5 Å². The molecular formula is C39H23NO. The van der Waals surface area contributed by atoms with Crippen LogP contribution in [-0.4, -0.2) is 4.98 Å². The van der Waals surface area contributed by atoms with E-state index in [2.05, 4.69) is 133 Å². The zero-order valence-corrected chi connectivity index (χ0v) is 22.1. The minimum Gasteiger partial charge on any atom is -0.455 e. The van der Waals surface area contributed by atoms with Crippen LogP contribution in [0.25, 0.3) is 87.4 Å². The number of pyridine rings is 1. The molecule has 0 amide bonds. The number of aromatic nitrogens is 1. The van der Waals surface area contributed by atoms with Crippen molar-refractivity contribution in [3.63, 3.8) is 0 Å². The molecule has 2 heterocycles. The van der Waals surface area contributed by atoms with E-state index in [1.54, 1.807) is 0 Å². The Kier molecular flexibility index (Phi) is 4.64.